The molecule has 299 valence electrons. The number of anilines is 5. The Morgan fingerprint density at radius 1 is 0.468 bits per heavy atom. The molecule has 0 fully saturated rings. The highest BCUT2D eigenvalue weighted by Gasteiger charge is 2.40. The molecule has 0 amide bonds. The van der Waals surface area contributed by atoms with Crippen LogP contribution < -0.4 is 21.1 Å². The molecule has 3 heteroatoms. The van der Waals surface area contributed by atoms with Gasteiger partial charge in [0, 0.05) is 34.0 Å². The summed E-state index contributed by atoms with van der Waals surface area (Å²) in [5.74, 6) is 0. The van der Waals surface area contributed by atoms with E-state index >= 15 is 0 Å². The van der Waals surface area contributed by atoms with Crippen LogP contribution in [-0.4, -0.2) is 7.28 Å². The highest BCUT2D eigenvalue weighted by Crippen LogP contribution is 2.50. The summed E-state index contributed by atoms with van der Waals surface area (Å²) in [6, 6.07) is 67.2. The first-order valence-corrected chi connectivity index (χ1v) is 22.1. The van der Waals surface area contributed by atoms with Crippen molar-refractivity contribution in [2.45, 2.75) is 58.3 Å². The number of hydrogen-bond donors (Lipinski definition) is 1. The Bertz CT molecular complexity index is 3180. The number of nitrogens with zero attached hydrogens (tertiary/aromatic N) is 1. The van der Waals surface area contributed by atoms with Crippen molar-refractivity contribution in [2.24, 2.45) is 0 Å². The van der Waals surface area contributed by atoms with Crippen LogP contribution >= 0.6 is 0 Å². The van der Waals surface area contributed by atoms with Crippen molar-refractivity contribution >= 4 is 68.2 Å². The van der Waals surface area contributed by atoms with Gasteiger partial charge < -0.3 is 10.2 Å². The maximum absolute atomic E-state index is 3.94. The van der Waals surface area contributed by atoms with Gasteiger partial charge in [-0.15, -0.1) is 0 Å². The van der Waals surface area contributed by atoms with Crippen molar-refractivity contribution in [1.82, 2.24) is 0 Å². The number of fused-ring (bicyclic) bond motifs is 5. The van der Waals surface area contributed by atoms with Gasteiger partial charge in [-0.25, -0.2) is 0 Å². The van der Waals surface area contributed by atoms with Gasteiger partial charge in [-0.2, -0.15) is 0 Å². The minimum Gasteiger partial charge on any atom is -0.355 e. The third-order valence-electron chi connectivity index (χ3n) is 13.9. The average molecular weight is 798 g/mol. The molecule has 1 N–H and O–H groups in total. The van der Waals surface area contributed by atoms with E-state index in [1.165, 1.54) is 99.6 Å². The lowest BCUT2D eigenvalue weighted by molar-refractivity contribution is 0.332. The molecule has 1 heterocycles. The second-order valence-corrected chi connectivity index (χ2v) is 18.8. The fourth-order valence-corrected chi connectivity index (χ4v) is 10.3. The van der Waals surface area contributed by atoms with Gasteiger partial charge in [0.2, 0.25) is 0 Å². The molecule has 2 aliphatic rings. The summed E-state index contributed by atoms with van der Waals surface area (Å²) in [5.41, 5.74) is 19.8. The molecule has 1 aliphatic heterocycles. The number of benzene rings is 9. The van der Waals surface area contributed by atoms with E-state index in [-0.39, 0.29) is 10.8 Å². The Kier molecular flexibility index (Phi) is 9.02. The molecular formula is C59H50BN2. The first-order chi connectivity index (χ1) is 30.1. The van der Waals surface area contributed by atoms with Crippen molar-refractivity contribution in [3.63, 3.8) is 0 Å². The summed E-state index contributed by atoms with van der Waals surface area (Å²) in [6.45, 7) is 12.0. The average Bonchev–Trinajstić information content (AvgIpc) is 3.30. The second-order valence-electron chi connectivity index (χ2n) is 18.8. The van der Waals surface area contributed by atoms with E-state index < -0.39 is 0 Å². The van der Waals surface area contributed by atoms with E-state index in [1.54, 1.807) is 0 Å². The Balaban J connectivity index is 1.19. The minimum absolute atomic E-state index is 0.0597. The van der Waals surface area contributed by atoms with Crippen LogP contribution in [0.2, 0.25) is 0 Å². The van der Waals surface area contributed by atoms with E-state index in [0.717, 1.165) is 24.2 Å². The maximum Gasteiger partial charge on any atom is 0.197 e. The predicted molar refractivity (Wildman–Crippen MR) is 267 cm³/mol. The molecule has 0 saturated carbocycles. The molecule has 0 spiro atoms. The Hall–Kier alpha value is -6.84. The SMILES string of the molecule is Cc1ccc(-c2ccccc2)cc1N1c2cc3c(cc2[B]c2c1cc1ccccc1c2-c1c(Nc2ccc(-c4ccccc4)cc2)ccc2ccccc12)C(C)(C)CCC3(C)C. The van der Waals surface area contributed by atoms with Crippen molar-refractivity contribution in [2.75, 3.05) is 10.2 Å². The van der Waals surface area contributed by atoms with Gasteiger partial charge in [0.1, 0.15) is 0 Å². The highest BCUT2D eigenvalue weighted by atomic mass is 15.2. The molecule has 0 atom stereocenters. The number of rotatable bonds is 6. The molecule has 2 nitrogen and oxygen atoms in total. The third-order valence-corrected chi connectivity index (χ3v) is 13.9. The molecule has 9 aromatic carbocycles. The van der Waals surface area contributed by atoms with Crippen LogP contribution in [-0.2, 0) is 10.8 Å². The second kappa shape index (κ2) is 14.7. The zero-order chi connectivity index (χ0) is 42.2. The van der Waals surface area contributed by atoms with Gasteiger partial charge in [-0.05, 0) is 139 Å². The van der Waals surface area contributed by atoms with E-state index in [4.69, 9.17) is 0 Å². The lowest BCUT2D eigenvalue weighted by Gasteiger charge is -2.44. The summed E-state index contributed by atoms with van der Waals surface area (Å²) in [6.07, 6.45) is 2.33. The fourth-order valence-electron chi connectivity index (χ4n) is 10.3. The van der Waals surface area contributed by atoms with E-state index in [2.05, 4.69) is 234 Å². The molecule has 1 radical (unpaired) electrons. The molecule has 0 bridgehead atoms. The first-order valence-electron chi connectivity index (χ1n) is 22.1. The smallest absolute Gasteiger partial charge is 0.197 e. The summed E-state index contributed by atoms with van der Waals surface area (Å²) in [5, 5.41) is 8.83. The van der Waals surface area contributed by atoms with Crippen LogP contribution in [0.25, 0.3) is 54.9 Å². The molecule has 0 aromatic heterocycles. The Labute approximate surface area is 367 Å². The molecule has 1 aliphatic carbocycles. The molecule has 9 aromatic rings. The summed E-state index contributed by atoms with van der Waals surface area (Å²) < 4.78 is 0. The van der Waals surface area contributed by atoms with Crippen molar-refractivity contribution < 1.29 is 0 Å². The van der Waals surface area contributed by atoms with Crippen molar-refractivity contribution in [3.05, 3.63) is 199 Å². The summed E-state index contributed by atoms with van der Waals surface area (Å²) >= 11 is 0. The Morgan fingerprint density at radius 2 is 1.03 bits per heavy atom. The van der Waals surface area contributed by atoms with Crippen LogP contribution in [0.4, 0.5) is 28.4 Å². The Morgan fingerprint density at radius 3 is 1.73 bits per heavy atom. The lowest BCUT2D eigenvalue weighted by atomic mass is 9.54. The normalized spacial score (nSPS) is 14.8. The zero-order valence-corrected chi connectivity index (χ0v) is 36.3. The molecule has 0 saturated heterocycles. The standard InChI is InChI=1S/C59H50BN2/c1-38-24-25-43(40-18-10-7-11-19-40)34-52(38)62-53-37-49-48(58(2,3)32-33-59(49,4)5)36-50(53)60-57-54(62)35-44-21-13-15-23-47(44)56(57)55-46-22-14-12-20-42(46)28-31-51(55)61-45-29-26-41(27-30-45)39-16-8-6-9-17-39/h6-31,34-37,61H,32-33H2,1-5H3. The summed E-state index contributed by atoms with van der Waals surface area (Å²) in [7, 11) is 2.51. The fraction of sp³-hybridized carbons (Fsp3) is 0.153. The summed E-state index contributed by atoms with van der Waals surface area (Å²) in [4.78, 5) is 2.60. The quantitative estimate of drug-likeness (QED) is 0.169. The first kappa shape index (κ1) is 38.1. The van der Waals surface area contributed by atoms with Gasteiger partial charge >= 0.3 is 0 Å². The van der Waals surface area contributed by atoms with Crippen LogP contribution in [0.15, 0.2) is 182 Å². The highest BCUT2D eigenvalue weighted by molar-refractivity contribution is 6.74. The maximum atomic E-state index is 3.94. The van der Waals surface area contributed by atoms with Gasteiger partial charge in [0.25, 0.3) is 0 Å². The topological polar surface area (TPSA) is 15.3 Å². The zero-order valence-electron chi connectivity index (χ0n) is 36.3. The predicted octanol–water partition coefficient (Wildman–Crippen LogP) is 14.8. The molecular weight excluding hydrogens is 747 g/mol. The van der Waals surface area contributed by atoms with Gasteiger partial charge in [0.15, 0.2) is 7.28 Å². The van der Waals surface area contributed by atoms with E-state index in [0.29, 0.717) is 0 Å². The van der Waals surface area contributed by atoms with Crippen LogP contribution in [0, 0.1) is 6.92 Å². The lowest BCUT2D eigenvalue weighted by Crippen LogP contribution is -2.44. The van der Waals surface area contributed by atoms with E-state index in [9.17, 15) is 0 Å². The van der Waals surface area contributed by atoms with Gasteiger partial charge in [-0.1, -0.05) is 179 Å². The van der Waals surface area contributed by atoms with Gasteiger partial charge in [0.05, 0.1) is 0 Å². The van der Waals surface area contributed by atoms with Crippen LogP contribution in [0.3, 0.4) is 0 Å². The van der Waals surface area contributed by atoms with Crippen LogP contribution in [0.5, 0.6) is 0 Å². The largest absolute Gasteiger partial charge is 0.355 e. The minimum atomic E-state index is 0.0597. The third kappa shape index (κ3) is 6.42. The van der Waals surface area contributed by atoms with Crippen molar-refractivity contribution in [3.8, 4) is 33.4 Å². The van der Waals surface area contributed by atoms with E-state index in [1.807, 2.05) is 0 Å². The molecule has 0 unspecified atom stereocenters. The molecule has 62 heavy (non-hydrogen) atoms. The number of nitrogens with one attached hydrogen (secondary N) is 1. The van der Waals surface area contributed by atoms with Crippen molar-refractivity contribution in [1.29, 1.82) is 0 Å². The monoisotopic (exact) mass is 797 g/mol. The number of aryl methyl sites for hydroxylation is 1. The van der Waals surface area contributed by atoms with Gasteiger partial charge in [-0.3, -0.25) is 0 Å². The van der Waals surface area contributed by atoms with Crippen LogP contribution in [0.1, 0.15) is 57.2 Å². The molecule has 11 rings (SSSR count). The number of hydrogen-bond acceptors (Lipinski definition) is 2.